The topological polar surface area (TPSA) is 35.6 Å². The summed E-state index contributed by atoms with van der Waals surface area (Å²) in [4.78, 5) is 16.6. The Labute approximate surface area is 127 Å². The Morgan fingerprint density at radius 2 is 1.90 bits per heavy atom. The lowest BCUT2D eigenvalue weighted by molar-refractivity contribution is -0.132. The quantitative estimate of drug-likeness (QED) is 0.886. The molecule has 0 unspecified atom stereocenters. The molecular formula is C17H25N3O. The van der Waals surface area contributed by atoms with Crippen LogP contribution in [0.25, 0.3) is 0 Å². The second kappa shape index (κ2) is 6.58. The van der Waals surface area contributed by atoms with Crippen molar-refractivity contribution in [2.75, 3.05) is 39.3 Å². The molecule has 1 aromatic carbocycles. The number of likely N-dealkylation sites (N-methyl/N-ethyl adjacent to an activating group) is 1. The molecule has 0 aromatic heterocycles. The third kappa shape index (κ3) is 3.63. The molecule has 0 radical (unpaired) electrons. The fraction of sp³-hybridized carbons (Fsp3) is 0.588. The van der Waals surface area contributed by atoms with Crippen molar-refractivity contribution in [1.29, 1.82) is 0 Å². The van der Waals surface area contributed by atoms with Gasteiger partial charge in [-0.15, -0.1) is 0 Å². The van der Waals surface area contributed by atoms with Gasteiger partial charge in [-0.2, -0.15) is 0 Å². The summed E-state index contributed by atoms with van der Waals surface area (Å²) < 4.78 is 0. The molecule has 0 spiro atoms. The van der Waals surface area contributed by atoms with Gasteiger partial charge in [0.25, 0.3) is 0 Å². The zero-order valence-electron chi connectivity index (χ0n) is 12.8. The molecule has 2 fully saturated rings. The first kappa shape index (κ1) is 14.5. The van der Waals surface area contributed by atoms with Gasteiger partial charge < -0.3 is 15.1 Å². The number of carbonyl (C=O) groups excluding carboxylic acids is 1. The fourth-order valence-electron chi connectivity index (χ4n) is 3.13. The van der Waals surface area contributed by atoms with Crippen molar-refractivity contribution < 1.29 is 4.79 Å². The highest BCUT2D eigenvalue weighted by atomic mass is 16.2. The fourth-order valence-corrected chi connectivity index (χ4v) is 3.13. The summed E-state index contributed by atoms with van der Waals surface area (Å²) in [7, 11) is 0. The Morgan fingerprint density at radius 1 is 1.19 bits per heavy atom. The van der Waals surface area contributed by atoms with Crippen LogP contribution in [-0.2, 0) is 4.79 Å². The number of nitrogens with one attached hydrogen (secondary N) is 1. The summed E-state index contributed by atoms with van der Waals surface area (Å²) >= 11 is 0. The minimum absolute atomic E-state index is 0.254. The number of amides is 1. The van der Waals surface area contributed by atoms with E-state index in [-0.39, 0.29) is 5.91 Å². The van der Waals surface area contributed by atoms with Gasteiger partial charge in [-0.05, 0) is 18.5 Å². The van der Waals surface area contributed by atoms with Crippen LogP contribution in [0.5, 0.6) is 0 Å². The molecule has 114 valence electrons. The first-order valence-electron chi connectivity index (χ1n) is 8.06. The predicted molar refractivity (Wildman–Crippen MR) is 84.3 cm³/mol. The van der Waals surface area contributed by atoms with Crippen molar-refractivity contribution >= 4 is 5.91 Å². The third-order valence-electron chi connectivity index (χ3n) is 4.71. The highest BCUT2D eigenvalue weighted by molar-refractivity contribution is 5.78. The normalized spacial score (nSPS) is 25.9. The molecule has 1 saturated heterocycles. The molecule has 4 heteroatoms. The van der Waals surface area contributed by atoms with E-state index in [1.54, 1.807) is 0 Å². The molecule has 1 saturated carbocycles. The third-order valence-corrected chi connectivity index (χ3v) is 4.71. The van der Waals surface area contributed by atoms with Crippen molar-refractivity contribution in [1.82, 2.24) is 15.1 Å². The van der Waals surface area contributed by atoms with Crippen LogP contribution in [0, 0.1) is 0 Å². The standard InChI is InChI=1S/C17H25N3O/c1-2-19-8-10-20(11-9-19)17(21)13-18-16-12-15(16)14-6-4-3-5-7-14/h3-7,15-16,18H,2,8-13H2,1H3/t15-,16+/m0/s1. The van der Waals surface area contributed by atoms with Gasteiger partial charge in [-0.25, -0.2) is 0 Å². The van der Waals surface area contributed by atoms with Crippen LogP contribution in [0.4, 0.5) is 0 Å². The molecule has 2 aliphatic rings. The number of hydrogen-bond donors (Lipinski definition) is 1. The van der Waals surface area contributed by atoms with Crippen LogP contribution in [-0.4, -0.2) is 61.0 Å². The number of hydrogen-bond acceptors (Lipinski definition) is 3. The minimum atomic E-state index is 0.254. The molecule has 1 heterocycles. The van der Waals surface area contributed by atoms with E-state index < -0.39 is 0 Å². The number of carbonyl (C=O) groups is 1. The second-order valence-corrected chi connectivity index (χ2v) is 6.06. The lowest BCUT2D eigenvalue weighted by Crippen LogP contribution is -2.50. The zero-order chi connectivity index (χ0) is 14.7. The summed E-state index contributed by atoms with van der Waals surface area (Å²) in [6, 6.07) is 11.1. The van der Waals surface area contributed by atoms with E-state index in [0.717, 1.165) is 39.1 Å². The molecule has 1 aliphatic heterocycles. The molecular weight excluding hydrogens is 262 g/mol. The molecule has 0 bridgehead atoms. The SMILES string of the molecule is CCN1CCN(C(=O)CN[C@@H]2C[C@H]2c2ccccc2)CC1. The largest absolute Gasteiger partial charge is 0.339 e. The zero-order valence-corrected chi connectivity index (χ0v) is 12.8. The van der Waals surface area contributed by atoms with Crippen molar-refractivity contribution in [3.63, 3.8) is 0 Å². The molecule has 1 N–H and O–H groups in total. The Morgan fingerprint density at radius 3 is 2.57 bits per heavy atom. The molecule has 1 amide bonds. The number of nitrogens with zero attached hydrogens (tertiary/aromatic N) is 2. The van der Waals surface area contributed by atoms with Crippen LogP contribution >= 0.6 is 0 Å². The summed E-state index contributed by atoms with van der Waals surface area (Å²) in [5.41, 5.74) is 1.39. The van der Waals surface area contributed by atoms with Gasteiger partial charge in [-0.3, -0.25) is 4.79 Å². The second-order valence-electron chi connectivity index (χ2n) is 6.06. The van der Waals surface area contributed by atoms with Gasteiger partial charge >= 0.3 is 0 Å². The lowest BCUT2D eigenvalue weighted by atomic mass is 10.1. The van der Waals surface area contributed by atoms with Gasteiger partial charge in [0.1, 0.15) is 0 Å². The Hall–Kier alpha value is -1.39. The molecule has 1 aromatic rings. The molecule has 2 atom stereocenters. The van der Waals surface area contributed by atoms with Crippen LogP contribution in [0.1, 0.15) is 24.8 Å². The summed E-state index contributed by atoms with van der Waals surface area (Å²) in [6.45, 7) is 7.52. The van der Waals surface area contributed by atoms with Gasteiger partial charge in [0.15, 0.2) is 0 Å². The maximum atomic E-state index is 12.2. The van der Waals surface area contributed by atoms with E-state index in [4.69, 9.17) is 0 Å². The Bertz CT molecular complexity index is 468. The maximum Gasteiger partial charge on any atom is 0.236 e. The molecule has 21 heavy (non-hydrogen) atoms. The van der Waals surface area contributed by atoms with E-state index in [1.807, 2.05) is 11.0 Å². The monoisotopic (exact) mass is 287 g/mol. The van der Waals surface area contributed by atoms with Crippen molar-refractivity contribution in [3.8, 4) is 0 Å². The van der Waals surface area contributed by atoms with Crippen molar-refractivity contribution in [2.24, 2.45) is 0 Å². The van der Waals surface area contributed by atoms with E-state index in [0.29, 0.717) is 18.5 Å². The Balaban J connectivity index is 1.40. The minimum Gasteiger partial charge on any atom is -0.339 e. The average molecular weight is 287 g/mol. The van der Waals surface area contributed by atoms with Crippen molar-refractivity contribution in [2.45, 2.75) is 25.3 Å². The summed E-state index contributed by atoms with van der Waals surface area (Å²) in [5, 5.41) is 3.42. The molecule has 1 aliphatic carbocycles. The van der Waals surface area contributed by atoms with Crippen LogP contribution in [0.2, 0.25) is 0 Å². The van der Waals surface area contributed by atoms with Crippen molar-refractivity contribution in [3.05, 3.63) is 35.9 Å². The average Bonchev–Trinajstić information content (AvgIpc) is 3.33. The number of benzene rings is 1. The first-order valence-corrected chi connectivity index (χ1v) is 8.06. The summed E-state index contributed by atoms with van der Waals surface area (Å²) in [5.74, 6) is 0.848. The van der Waals surface area contributed by atoms with Gasteiger partial charge in [0, 0.05) is 38.1 Å². The van der Waals surface area contributed by atoms with Gasteiger partial charge in [0.05, 0.1) is 6.54 Å². The molecule has 4 nitrogen and oxygen atoms in total. The Kier molecular flexibility index (Phi) is 4.56. The highest BCUT2D eigenvalue weighted by Crippen LogP contribution is 2.40. The van der Waals surface area contributed by atoms with E-state index in [2.05, 4.69) is 41.4 Å². The number of rotatable bonds is 5. The lowest BCUT2D eigenvalue weighted by Gasteiger charge is -2.34. The van der Waals surface area contributed by atoms with Crippen LogP contribution in [0.3, 0.4) is 0 Å². The number of piperazine rings is 1. The predicted octanol–water partition coefficient (Wildman–Crippen LogP) is 1.30. The van der Waals surface area contributed by atoms with Crippen LogP contribution < -0.4 is 5.32 Å². The van der Waals surface area contributed by atoms with Gasteiger partial charge in [-0.1, -0.05) is 37.3 Å². The highest BCUT2D eigenvalue weighted by Gasteiger charge is 2.38. The smallest absolute Gasteiger partial charge is 0.236 e. The maximum absolute atomic E-state index is 12.2. The van der Waals surface area contributed by atoms with E-state index in [1.165, 1.54) is 5.56 Å². The molecule has 3 rings (SSSR count). The summed E-state index contributed by atoms with van der Waals surface area (Å²) in [6.07, 6.45) is 1.15. The van der Waals surface area contributed by atoms with Crippen LogP contribution in [0.15, 0.2) is 30.3 Å². The first-order chi connectivity index (χ1) is 10.3. The van der Waals surface area contributed by atoms with E-state index >= 15 is 0 Å². The van der Waals surface area contributed by atoms with Gasteiger partial charge in [0.2, 0.25) is 5.91 Å². The van der Waals surface area contributed by atoms with E-state index in [9.17, 15) is 4.79 Å².